The average Bonchev–Trinajstić information content (AvgIpc) is 4.06. The molecule has 4 aromatic heterocycles. The number of aryl methyl sites for hydroxylation is 1. The van der Waals surface area contributed by atoms with Crippen LogP contribution in [0.4, 0.5) is 9.18 Å². The van der Waals surface area contributed by atoms with Gasteiger partial charge in [-0.05, 0) is 74.9 Å². The van der Waals surface area contributed by atoms with E-state index >= 15 is 4.39 Å². The summed E-state index contributed by atoms with van der Waals surface area (Å²) >= 11 is 1.59. The molecular formula is C41H44FN9O4S. The number of likely N-dealkylation sites (tertiary alicyclic amines) is 1. The van der Waals surface area contributed by atoms with E-state index < -0.39 is 24.2 Å². The number of alkyl carbamates (subject to hydrolysis) is 1. The standard InChI is InChI=1S/C41H44FN9O4S/c1-5-34-44-20-33(56-34)40-51-29-11-10-22(27-18-45-37(47-27)26-8-6-12-43-26)14-24(29)16-31(51)35-25(42)15-23(17-32(35)55-40)28-19-46-38(48-28)30-9-7-13-50(30)39(52)36(21(2)3)49-41(53)54-4/h10-11,14-21,26,30,36,40,43H,5-9,12-13H2,1-4H3,(H,45,47)(H,46,48)(H,49,53)/t26-,30-,36-,40?/m0/s1. The molecule has 56 heavy (non-hydrogen) atoms. The van der Waals surface area contributed by atoms with Crippen LogP contribution in [-0.4, -0.2) is 72.6 Å². The van der Waals surface area contributed by atoms with E-state index in [9.17, 15) is 9.59 Å². The van der Waals surface area contributed by atoms with Gasteiger partial charge in [0.15, 0.2) is 0 Å². The van der Waals surface area contributed by atoms with Crippen LogP contribution in [0.2, 0.25) is 0 Å². The number of halogens is 1. The van der Waals surface area contributed by atoms with Crippen LogP contribution in [0.5, 0.6) is 5.75 Å². The highest BCUT2D eigenvalue weighted by molar-refractivity contribution is 7.11. The van der Waals surface area contributed by atoms with Gasteiger partial charge in [0.05, 0.1) is 69.6 Å². The Balaban J connectivity index is 1.06. The fourth-order valence-electron chi connectivity index (χ4n) is 8.31. The minimum absolute atomic E-state index is 0.153. The smallest absolute Gasteiger partial charge is 0.407 e. The third kappa shape index (κ3) is 6.32. The first-order chi connectivity index (χ1) is 27.2. The molecule has 7 heterocycles. The molecule has 0 spiro atoms. The Morgan fingerprint density at radius 3 is 2.57 bits per heavy atom. The zero-order chi connectivity index (χ0) is 38.7. The number of aromatic amines is 2. The van der Waals surface area contributed by atoms with Gasteiger partial charge < -0.3 is 35.0 Å². The molecule has 2 amide bonds. The van der Waals surface area contributed by atoms with Crippen LogP contribution < -0.4 is 15.4 Å². The van der Waals surface area contributed by atoms with E-state index in [0.717, 1.165) is 70.1 Å². The Morgan fingerprint density at radius 2 is 1.82 bits per heavy atom. The van der Waals surface area contributed by atoms with E-state index in [1.54, 1.807) is 22.4 Å². The van der Waals surface area contributed by atoms with E-state index in [1.807, 2.05) is 38.4 Å². The van der Waals surface area contributed by atoms with Crippen molar-refractivity contribution in [2.24, 2.45) is 5.92 Å². The Morgan fingerprint density at radius 1 is 1.02 bits per heavy atom. The number of rotatable bonds is 9. The largest absolute Gasteiger partial charge is 0.464 e. The van der Waals surface area contributed by atoms with Gasteiger partial charge in [-0.3, -0.25) is 9.36 Å². The highest BCUT2D eigenvalue weighted by Crippen LogP contribution is 2.48. The van der Waals surface area contributed by atoms with Crippen LogP contribution in [-0.2, 0) is 16.0 Å². The number of hydrogen-bond acceptors (Lipinski definition) is 9. The fraction of sp³-hybridized carbons (Fsp3) is 0.390. The molecule has 2 aromatic carbocycles. The molecule has 290 valence electrons. The monoisotopic (exact) mass is 777 g/mol. The second-order valence-electron chi connectivity index (χ2n) is 15.0. The lowest BCUT2D eigenvalue weighted by molar-refractivity contribution is -0.135. The van der Waals surface area contributed by atoms with Crippen molar-refractivity contribution in [2.45, 2.75) is 77.2 Å². The molecule has 0 aliphatic carbocycles. The number of nitrogens with one attached hydrogen (secondary N) is 4. The lowest BCUT2D eigenvalue weighted by Crippen LogP contribution is -2.51. The highest BCUT2D eigenvalue weighted by Gasteiger charge is 2.38. The van der Waals surface area contributed by atoms with Gasteiger partial charge in [-0.25, -0.2) is 24.1 Å². The molecule has 1 unspecified atom stereocenters. The molecule has 0 bridgehead atoms. The first-order valence-corrected chi connectivity index (χ1v) is 20.1. The van der Waals surface area contributed by atoms with Gasteiger partial charge in [0.2, 0.25) is 12.1 Å². The molecule has 9 rings (SSSR count). The van der Waals surface area contributed by atoms with Crippen LogP contribution in [0, 0.1) is 11.7 Å². The minimum atomic E-state index is -0.746. The number of carbonyl (C=O) groups is 2. The quantitative estimate of drug-likeness (QED) is 0.117. The third-order valence-electron chi connectivity index (χ3n) is 11.2. The summed E-state index contributed by atoms with van der Waals surface area (Å²) in [6.45, 7) is 7.36. The van der Waals surface area contributed by atoms with Gasteiger partial charge in [0.1, 0.15) is 29.3 Å². The zero-order valence-corrected chi connectivity index (χ0v) is 32.5. The van der Waals surface area contributed by atoms with Gasteiger partial charge in [0, 0.05) is 29.3 Å². The molecule has 3 aliphatic rings. The summed E-state index contributed by atoms with van der Waals surface area (Å²) in [4.78, 5) is 49.3. The minimum Gasteiger partial charge on any atom is -0.464 e. The number of ether oxygens (including phenoxy) is 2. The second-order valence-corrected chi connectivity index (χ2v) is 16.2. The van der Waals surface area contributed by atoms with E-state index in [2.05, 4.69) is 65.2 Å². The van der Waals surface area contributed by atoms with Crippen molar-refractivity contribution in [2.75, 3.05) is 20.2 Å². The van der Waals surface area contributed by atoms with Crippen LogP contribution in [0.1, 0.15) is 86.3 Å². The van der Waals surface area contributed by atoms with Crippen molar-refractivity contribution in [3.63, 3.8) is 0 Å². The number of imidazole rings is 2. The van der Waals surface area contributed by atoms with Crippen molar-refractivity contribution < 1.29 is 23.5 Å². The number of amides is 2. The first kappa shape index (κ1) is 36.1. The normalized spacial score (nSPS) is 19.6. The van der Waals surface area contributed by atoms with Gasteiger partial charge >= 0.3 is 6.09 Å². The molecule has 0 saturated carbocycles. The van der Waals surface area contributed by atoms with E-state index in [0.29, 0.717) is 47.1 Å². The van der Waals surface area contributed by atoms with E-state index in [1.165, 1.54) is 13.2 Å². The Hall–Kier alpha value is -5.54. The molecule has 6 aromatic rings. The number of H-pyrrole nitrogens is 2. The first-order valence-electron chi connectivity index (χ1n) is 19.3. The fourth-order valence-corrected chi connectivity index (χ4v) is 9.19. The number of carbonyl (C=O) groups excluding carboxylic acids is 2. The molecule has 3 aliphatic heterocycles. The molecular weight excluding hydrogens is 734 g/mol. The molecule has 0 radical (unpaired) electrons. The average molecular weight is 778 g/mol. The van der Waals surface area contributed by atoms with Crippen molar-refractivity contribution in [3.8, 4) is 39.5 Å². The summed E-state index contributed by atoms with van der Waals surface area (Å²) in [6, 6.07) is 10.8. The van der Waals surface area contributed by atoms with Gasteiger partial charge in [-0.2, -0.15) is 0 Å². The Kier molecular flexibility index (Phi) is 9.36. The van der Waals surface area contributed by atoms with Crippen molar-refractivity contribution >= 4 is 34.2 Å². The summed E-state index contributed by atoms with van der Waals surface area (Å²) in [5.74, 6) is 1.18. The summed E-state index contributed by atoms with van der Waals surface area (Å²) in [5, 5.41) is 8.14. The Bertz CT molecular complexity index is 2440. The highest BCUT2D eigenvalue weighted by atomic mass is 32.1. The number of fused-ring (bicyclic) bond motifs is 5. The number of benzene rings is 2. The van der Waals surface area contributed by atoms with E-state index in [-0.39, 0.29) is 23.9 Å². The van der Waals surface area contributed by atoms with Gasteiger partial charge in [-0.15, -0.1) is 11.3 Å². The summed E-state index contributed by atoms with van der Waals surface area (Å²) in [6.07, 6.45) is 8.65. The van der Waals surface area contributed by atoms with E-state index in [4.69, 9.17) is 9.47 Å². The molecule has 15 heteroatoms. The molecule has 2 saturated heterocycles. The van der Waals surface area contributed by atoms with Crippen LogP contribution in [0.3, 0.4) is 0 Å². The summed E-state index contributed by atoms with van der Waals surface area (Å²) < 4.78 is 30.2. The number of thiazole rings is 1. The SMILES string of the molecule is CCc1ncc(C2Oc3cc(-c4cnc([C@@H]5CCCN5C(=O)[C@@H](NC(=O)OC)C(C)C)[nH]4)cc(F)c3-c3cc4cc(-c5cnc([C@@H]6CCCN6)[nH]5)ccc4n32)s1. The number of aromatic nitrogens is 6. The third-order valence-corrected chi connectivity index (χ3v) is 12.4. The number of methoxy groups -OCH3 is 1. The second kappa shape index (κ2) is 14.5. The molecule has 4 N–H and O–H groups in total. The predicted molar refractivity (Wildman–Crippen MR) is 211 cm³/mol. The van der Waals surface area contributed by atoms with Crippen LogP contribution in [0.25, 0.3) is 44.7 Å². The number of nitrogens with zero attached hydrogens (tertiary/aromatic N) is 5. The molecule has 4 atom stereocenters. The summed E-state index contributed by atoms with van der Waals surface area (Å²) in [7, 11) is 1.28. The molecule has 2 fully saturated rings. The summed E-state index contributed by atoms with van der Waals surface area (Å²) in [5.41, 5.74) is 5.10. The maximum atomic E-state index is 16.6. The zero-order valence-electron chi connectivity index (χ0n) is 31.7. The maximum Gasteiger partial charge on any atom is 0.407 e. The Labute approximate surface area is 327 Å². The van der Waals surface area contributed by atoms with Crippen molar-refractivity contribution in [1.82, 2.24) is 45.0 Å². The van der Waals surface area contributed by atoms with Crippen molar-refractivity contribution in [1.29, 1.82) is 0 Å². The van der Waals surface area contributed by atoms with Crippen molar-refractivity contribution in [3.05, 3.63) is 82.3 Å². The van der Waals surface area contributed by atoms with Gasteiger partial charge in [0.25, 0.3) is 0 Å². The maximum absolute atomic E-state index is 16.6. The molecule has 13 nitrogen and oxygen atoms in total. The lowest BCUT2D eigenvalue weighted by Gasteiger charge is -2.30. The van der Waals surface area contributed by atoms with Gasteiger partial charge in [-0.1, -0.05) is 26.8 Å². The number of hydrogen-bond donors (Lipinski definition) is 4. The van der Waals surface area contributed by atoms with Crippen LogP contribution in [0.15, 0.2) is 55.0 Å². The predicted octanol–water partition coefficient (Wildman–Crippen LogP) is 7.65. The topological polar surface area (TPSA) is 155 Å². The lowest BCUT2D eigenvalue weighted by atomic mass is 10.0. The van der Waals surface area contributed by atoms with Crippen LogP contribution >= 0.6 is 11.3 Å².